The van der Waals surface area contributed by atoms with Crippen molar-refractivity contribution in [2.45, 2.75) is 24.7 Å². The third-order valence-corrected chi connectivity index (χ3v) is 4.27. The Bertz CT molecular complexity index is 622. The van der Waals surface area contributed by atoms with Crippen molar-refractivity contribution in [2.75, 3.05) is 13.2 Å². The van der Waals surface area contributed by atoms with Crippen molar-refractivity contribution in [3.63, 3.8) is 0 Å². The molecule has 4 rings (SSSR count). The van der Waals surface area contributed by atoms with E-state index in [0.29, 0.717) is 12.4 Å². The van der Waals surface area contributed by atoms with Crippen LogP contribution in [0.1, 0.15) is 18.4 Å². The summed E-state index contributed by atoms with van der Waals surface area (Å²) in [5.74, 6) is -0.641. The second-order valence-corrected chi connectivity index (χ2v) is 5.67. The van der Waals surface area contributed by atoms with E-state index in [1.807, 2.05) is 47.4 Å². The van der Waals surface area contributed by atoms with E-state index in [4.69, 9.17) is 9.47 Å². The molecular weight excluding hydrogens is 266 g/mol. The Hall–Kier alpha value is -2.07. The number of carbonyl (C=O) groups excluding carboxylic acids is 1. The second-order valence-electron chi connectivity index (χ2n) is 5.67. The standard InChI is InChI=1S/C17H17NO3/c19-16-17(20-12-14-7-4-10-18(14)16)9-8-15(21-17)11-13-5-2-1-3-6-13/h1-3,5-6,8-9,11,14H,4,7,10,12H2/b15-11-/t14-,17+/m0/s1. The summed E-state index contributed by atoms with van der Waals surface area (Å²) in [6, 6.07) is 10.1. The molecule has 0 unspecified atom stereocenters. The van der Waals surface area contributed by atoms with Gasteiger partial charge in [0, 0.05) is 12.6 Å². The van der Waals surface area contributed by atoms with Crippen LogP contribution in [0.15, 0.2) is 48.2 Å². The van der Waals surface area contributed by atoms with Gasteiger partial charge in [0.05, 0.1) is 12.6 Å². The number of allylic oxidation sites excluding steroid dienone is 1. The maximum atomic E-state index is 12.6. The predicted octanol–water partition coefficient (Wildman–Crippen LogP) is 2.33. The van der Waals surface area contributed by atoms with E-state index in [1.54, 1.807) is 6.08 Å². The van der Waals surface area contributed by atoms with E-state index in [0.717, 1.165) is 24.9 Å². The number of rotatable bonds is 1. The molecule has 1 spiro atoms. The minimum atomic E-state index is -1.23. The van der Waals surface area contributed by atoms with E-state index < -0.39 is 5.79 Å². The zero-order valence-electron chi connectivity index (χ0n) is 11.7. The molecule has 1 aromatic rings. The van der Waals surface area contributed by atoms with Gasteiger partial charge < -0.3 is 14.4 Å². The number of benzene rings is 1. The van der Waals surface area contributed by atoms with Gasteiger partial charge in [-0.05, 0) is 30.6 Å². The van der Waals surface area contributed by atoms with E-state index in [1.165, 1.54) is 0 Å². The van der Waals surface area contributed by atoms with Crippen molar-refractivity contribution in [2.24, 2.45) is 0 Å². The van der Waals surface area contributed by atoms with Gasteiger partial charge in [-0.3, -0.25) is 4.79 Å². The van der Waals surface area contributed by atoms with E-state index in [2.05, 4.69) is 0 Å². The Kier molecular flexibility index (Phi) is 2.86. The van der Waals surface area contributed by atoms with Crippen molar-refractivity contribution >= 4 is 12.0 Å². The normalized spacial score (nSPS) is 32.8. The molecule has 2 fully saturated rings. The first-order valence-electron chi connectivity index (χ1n) is 7.37. The van der Waals surface area contributed by atoms with Gasteiger partial charge in [0.1, 0.15) is 5.76 Å². The average Bonchev–Trinajstić information content (AvgIpc) is 3.13. The maximum absolute atomic E-state index is 12.6. The molecule has 3 heterocycles. The quantitative estimate of drug-likeness (QED) is 0.794. The predicted molar refractivity (Wildman–Crippen MR) is 78.1 cm³/mol. The Morgan fingerprint density at radius 1 is 1.29 bits per heavy atom. The minimum absolute atomic E-state index is 0.0658. The number of nitrogens with zero attached hydrogens (tertiary/aromatic N) is 1. The molecule has 108 valence electrons. The lowest BCUT2D eigenvalue weighted by Crippen LogP contribution is -2.58. The molecule has 0 N–H and O–H groups in total. The topological polar surface area (TPSA) is 38.8 Å². The van der Waals surface area contributed by atoms with Crippen LogP contribution in [0.4, 0.5) is 0 Å². The van der Waals surface area contributed by atoms with Crippen LogP contribution in [0.5, 0.6) is 0 Å². The molecule has 0 aromatic heterocycles. The molecule has 3 aliphatic heterocycles. The Labute approximate surface area is 123 Å². The average molecular weight is 283 g/mol. The van der Waals surface area contributed by atoms with Crippen LogP contribution in [0.2, 0.25) is 0 Å². The lowest BCUT2D eigenvalue weighted by molar-refractivity contribution is -0.219. The van der Waals surface area contributed by atoms with Crippen molar-refractivity contribution in [3.8, 4) is 0 Å². The number of hydrogen-bond acceptors (Lipinski definition) is 3. The van der Waals surface area contributed by atoms with E-state index in [9.17, 15) is 4.79 Å². The highest BCUT2D eigenvalue weighted by Gasteiger charge is 2.52. The first-order valence-corrected chi connectivity index (χ1v) is 7.37. The molecular formula is C17H17NO3. The maximum Gasteiger partial charge on any atom is 0.311 e. The number of ether oxygens (including phenoxy) is 2. The Balaban J connectivity index is 1.57. The van der Waals surface area contributed by atoms with Gasteiger partial charge in [-0.1, -0.05) is 30.3 Å². The molecule has 0 saturated carbocycles. The van der Waals surface area contributed by atoms with E-state index in [-0.39, 0.29) is 11.9 Å². The van der Waals surface area contributed by atoms with Gasteiger partial charge in [0.15, 0.2) is 0 Å². The van der Waals surface area contributed by atoms with Crippen LogP contribution >= 0.6 is 0 Å². The van der Waals surface area contributed by atoms with Gasteiger partial charge in [-0.15, -0.1) is 0 Å². The fraction of sp³-hybridized carbons (Fsp3) is 0.353. The Morgan fingerprint density at radius 3 is 3.00 bits per heavy atom. The van der Waals surface area contributed by atoms with Gasteiger partial charge in [-0.25, -0.2) is 0 Å². The Morgan fingerprint density at radius 2 is 2.14 bits per heavy atom. The zero-order chi connectivity index (χ0) is 14.3. The second kappa shape index (κ2) is 4.74. The SMILES string of the molecule is O=C1N2CCC[C@H]2CO[C@@]12C=C/C(=C/c1ccccc1)O2. The van der Waals surface area contributed by atoms with Crippen molar-refractivity contribution in [1.82, 2.24) is 4.90 Å². The molecule has 2 saturated heterocycles. The minimum Gasteiger partial charge on any atom is -0.450 e. The van der Waals surface area contributed by atoms with Crippen LogP contribution in [-0.4, -0.2) is 35.8 Å². The molecule has 4 nitrogen and oxygen atoms in total. The molecule has 21 heavy (non-hydrogen) atoms. The van der Waals surface area contributed by atoms with Crippen molar-refractivity contribution in [1.29, 1.82) is 0 Å². The summed E-state index contributed by atoms with van der Waals surface area (Å²) in [7, 11) is 0. The molecule has 1 aromatic carbocycles. The van der Waals surface area contributed by atoms with Gasteiger partial charge >= 0.3 is 5.79 Å². The monoisotopic (exact) mass is 283 g/mol. The summed E-state index contributed by atoms with van der Waals surface area (Å²) in [4.78, 5) is 14.5. The van der Waals surface area contributed by atoms with E-state index >= 15 is 0 Å². The number of hydrogen-bond donors (Lipinski definition) is 0. The van der Waals surface area contributed by atoms with Crippen LogP contribution < -0.4 is 0 Å². The smallest absolute Gasteiger partial charge is 0.311 e. The zero-order valence-corrected chi connectivity index (χ0v) is 11.7. The summed E-state index contributed by atoms with van der Waals surface area (Å²) in [5.41, 5.74) is 1.04. The largest absolute Gasteiger partial charge is 0.450 e. The summed E-state index contributed by atoms with van der Waals surface area (Å²) in [6.45, 7) is 1.36. The molecule has 3 aliphatic rings. The van der Waals surface area contributed by atoms with Gasteiger partial charge in [0.25, 0.3) is 5.91 Å². The third kappa shape index (κ3) is 2.07. The number of amides is 1. The van der Waals surface area contributed by atoms with Crippen molar-refractivity contribution < 1.29 is 14.3 Å². The van der Waals surface area contributed by atoms with Gasteiger partial charge in [-0.2, -0.15) is 0 Å². The highest BCUT2D eigenvalue weighted by molar-refractivity contribution is 5.88. The highest BCUT2D eigenvalue weighted by atomic mass is 16.7. The lowest BCUT2D eigenvalue weighted by Gasteiger charge is -2.39. The first kappa shape index (κ1) is 12.7. The molecule has 0 aliphatic carbocycles. The molecule has 2 atom stereocenters. The molecule has 1 amide bonds. The highest BCUT2D eigenvalue weighted by Crippen LogP contribution is 2.36. The fourth-order valence-corrected chi connectivity index (χ4v) is 3.18. The summed E-state index contributed by atoms with van der Waals surface area (Å²) < 4.78 is 11.6. The lowest BCUT2D eigenvalue weighted by atomic mass is 10.1. The fourth-order valence-electron chi connectivity index (χ4n) is 3.18. The van der Waals surface area contributed by atoms with Crippen molar-refractivity contribution in [3.05, 3.63) is 53.8 Å². The summed E-state index contributed by atoms with van der Waals surface area (Å²) in [6.07, 6.45) is 7.54. The van der Waals surface area contributed by atoms with Crippen LogP contribution in [0, 0.1) is 0 Å². The van der Waals surface area contributed by atoms with Crippen LogP contribution in [0.25, 0.3) is 6.08 Å². The third-order valence-electron chi connectivity index (χ3n) is 4.27. The summed E-state index contributed by atoms with van der Waals surface area (Å²) in [5, 5.41) is 0. The summed E-state index contributed by atoms with van der Waals surface area (Å²) >= 11 is 0. The first-order chi connectivity index (χ1) is 10.3. The number of morpholine rings is 1. The molecule has 0 bridgehead atoms. The van der Waals surface area contributed by atoms with Crippen LogP contribution in [-0.2, 0) is 14.3 Å². The number of fused-ring (bicyclic) bond motifs is 1. The molecule has 0 radical (unpaired) electrons. The number of carbonyl (C=O) groups is 1. The molecule has 4 heteroatoms. The van der Waals surface area contributed by atoms with Crippen LogP contribution in [0.3, 0.4) is 0 Å². The van der Waals surface area contributed by atoms with Gasteiger partial charge in [0.2, 0.25) is 0 Å².